The monoisotopic (exact) mass is 250 g/mol. The van der Waals surface area contributed by atoms with Crippen molar-refractivity contribution in [2.45, 2.75) is 31.8 Å². The van der Waals surface area contributed by atoms with Crippen LogP contribution in [0.25, 0.3) is 0 Å². The number of hydrogen-bond donors (Lipinski definition) is 2. The molecule has 98 valence electrons. The van der Waals surface area contributed by atoms with E-state index >= 15 is 0 Å². The lowest BCUT2D eigenvalue weighted by molar-refractivity contribution is 0.0134. The number of ether oxygens (including phenoxy) is 1. The van der Waals surface area contributed by atoms with Crippen molar-refractivity contribution in [3.8, 4) is 0 Å². The van der Waals surface area contributed by atoms with E-state index in [0.717, 1.165) is 32.4 Å². The van der Waals surface area contributed by atoms with Crippen LogP contribution in [-0.4, -0.2) is 35.3 Å². The number of carboxylic acid groups (broad SMARTS) is 1. The van der Waals surface area contributed by atoms with Crippen molar-refractivity contribution in [2.24, 2.45) is 0 Å². The zero-order valence-electron chi connectivity index (χ0n) is 10.3. The molecule has 0 aliphatic carbocycles. The standard InChI is InChI=1S/C13H18N2O3/c16-13(17)10-4-6-14-12(9-10)15-7-5-11-3-1-2-8-18-11/h4,6,9,11H,1-3,5,7-8H2,(H,14,15)(H,16,17). The van der Waals surface area contributed by atoms with Crippen LogP contribution in [0.2, 0.25) is 0 Å². The van der Waals surface area contributed by atoms with Crippen LogP contribution >= 0.6 is 0 Å². The van der Waals surface area contributed by atoms with Gasteiger partial charge in [0, 0.05) is 19.3 Å². The molecule has 2 rings (SSSR count). The van der Waals surface area contributed by atoms with Gasteiger partial charge in [0.15, 0.2) is 0 Å². The zero-order valence-corrected chi connectivity index (χ0v) is 10.3. The minimum absolute atomic E-state index is 0.251. The number of aromatic carboxylic acids is 1. The van der Waals surface area contributed by atoms with Crippen molar-refractivity contribution in [1.29, 1.82) is 0 Å². The van der Waals surface area contributed by atoms with Crippen LogP contribution in [0.3, 0.4) is 0 Å². The van der Waals surface area contributed by atoms with Crippen LogP contribution in [0.15, 0.2) is 18.3 Å². The Balaban J connectivity index is 1.78. The van der Waals surface area contributed by atoms with Gasteiger partial charge in [-0.3, -0.25) is 0 Å². The summed E-state index contributed by atoms with van der Waals surface area (Å²) >= 11 is 0. The van der Waals surface area contributed by atoms with Crippen molar-refractivity contribution in [3.05, 3.63) is 23.9 Å². The second kappa shape index (κ2) is 6.35. The van der Waals surface area contributed by atoms with E-state index in [0.29, 0.717) is 11.9 Å². The van der Waals surface area contributed by atoms with Crippen molar-refractivity contribution in [2.75, 3.05) is 18.5 Å². The van der Waals surface area contributed by atoms with Crippen molar-refractivity contribution < 1.29 is 14.6 Å². The quantitative estimate of drug-likeness (QED) is 0.837. The average Bonchev–Trinajstić information content (AvgIpc) is 2.40. The summed E-state index contributed by atoms with van der Waals surface area (Å²) in [6.45, 7) is 1.61. The molecule has 0 spiro atoms. The molecule has 1 unspecified atom stereocenters. The van der Waals surface area contributed by atoms with Crippen LogP contribution in [0.5, 0.6) is 0 Å². The van der Waals surface area contributed by atoms with E-state index in [1.54, 1.807) is 6.07 Å². The molecule has 5 heteroatoms. The predicted octanol–water partition coefficient (Wildman–Crippen LogP) is 2.15. The molecular weight excluding hydrogens is 232 g/mol. The van der Waals surface area contributed by atoms with E-state index < -0.39 is 5.97 Å². The molecule has 1 saturated heterocycles. The summed E-state index contributed by atoms with van der Waals surface area (Å²) in [7, 11) is 0. The maximum atomic E-state index is 10.8. The summed E-state index contributed by atoms with van der Waals surface area (Å²) in [6, 6.07) is 3.03. The number of carboxylic acids is 1. The summed E-state index contributed by atoms with van der Waals surface area (Å²) in [5.41, 5.74) is 0.251. The number of aromatic nitrogens is 1. The fourth-order valence-corrected chi connectivity index (χ4v) is 2.06. The summed E-state index contributed by atoms with van der Waals surface area (Å²) < 4.78 is 5.62. The molecule has 1 aromatic heterocycles. The predicted molar refractivity (Wildman–Crippen MR) is 67.9 cm³/mol. The lowest BCUT2D eigenvalue weighted by Gasteiger charge is -2.22. The highest BCUT2D eigenvalue weighted by Crippen LogP contribution is 2.15. The number of pyridine rings is 1. The Morgan fingerprint density at radius 1 is 1.56 bits per heavy atom. The second-order valence-corrected chi connectivity index (χ2v) is 4.44. The largest absolute Gasteiger partial charge is 0.478 e. The van der Waals surface area contributed by atoms with Gasteiger partial charge < -0.3 is 15.2 Å². The molecule has 1 aromatic rings. The Morgan fingerprint density at radius 2 is 2.44 bits per heavy atom. The Kier molecular flexibility index (Phi) is 4.52. The van der Waals surface area contributed by atoms with Gasteiger partial charge in [0.05, 0.1) is 11.7 Å². The first-order valence-corrected chi connectivity index (χ1v) is 6.30. The fourth-order valence-electron chi connectivity index (χ4n) is 2.06. The van der Waals surface area contributed by atoms with E-state index in [-0.39, 0.29) is 5.56 Å². The summed E-state index contributed by atoms with van der Waals surface area (Å²) in [5.74, 6) is -0.332. The first-order valence-electron chi connectivity index (χ1n) is 6.30. The number of rotatable bonds is 5. The van der Waals surface area contributed by atoms with Gasteiger partial charge in [-0.05, 0) is 37.8 Å². The Hall–Kier alpha value is -1.62. The van der Waals surface area contributed by atoms with Crippen LogP contribution in [0.4, 0.5) is 5.82 Å². The number of nitrogens with zero attached hydrogens (tertiary/aromatic N) is 1. The van der Waals surface area contributed by atoms with E-state index in [2.05, 4.69) is 10.3 Å². The van der Waals surface area contributed by atoms with Crippen LogP contribution in [0, 0.1) is 0 Å². The smallest absolute Gasteiger partial charge is 0.335 e. The number of anilines is 1. The Bertz CT molecular complexity index is 403. The van der Waals surface area contributed by atoms with Gasteiger partial charge in [0.1, 0.15) is 5.82 Å². The minimum atomic E-state index is -0.934. The number of hydrogen-bond acceptors (Lipinski definition) is 4. The molecule has 0 radical (unpaired) electrons. The van der Waals surface area contributed by atoms with Crippen LogP contribution < -0.4 is 5.32 Å². The molecular formula is C13H18N2O3. The highest BCUT2D eigenvalue weighted by molar-refractivity contribution is 5.88. The Labute approximate surface area is 106 Å². The first-order chi connectivity index (χ1) is 8.75. The molecule has 0 aromatic carbocycles. The molecule has 0 bridgehead atoms. The molecule has 1 aliphatic heterocycles. The highest BCUT2D eigenvalue weighted by atomic mass is 16.5. The number of nitrogens with one attached hydrogen (secondary N) is 1. The van der Waals surface area contributed by atoms with Crippen LogP contribution in [-0.2, 0) is 4.74 Å². The van der Waals surface area contributed by atoms with E-state index in [1.165, 1.54) is 18.7 Å². The topological polar surface area (TPSA) is 71.5 Å². The van der Waals surface area contributed by atoms with Gasteiger partial charge in [-0.2, -0.15) is 0 Å². The molecule has 2 N–H and O–H groups in total. The third kappa shape index (κ3) is 3.70. The van der Waals surface area contributed by atoms with E-state index in [1.807, 2.05) is 0 Å². The first kappa shape index (κ1) is 12.8. The third-order valence-electron chi connectivity index (χ3n) is 3.05. The lowest BCUT2D eigenvalue weighted by atomic mass is 10.1. The molecule has 1 atom stereocenters. The molecule has 18 heavy (non-hydrogen) atoms. The normalized spacial score (nSPS) is 19.4. The summed E-state index contributed by atoms with van der Waals surface area (Å²) in [6.07, 6.45) is 6.27. The molecule has 1 fully saturated rings. The van der Waals surface area contributed by atoms with E-state index in [9.17, 15) is 4.79 Å². The van der Waals surface area contributed by atoms with Gasteiger partial charge in [0.25, 0.3) is 0 Å². The van der Waals surface area contributed by atoms with Crippen molar-refractivity contribution >= 4 is 11.8 Å². The highest BCUT2D eigenvalue weighted by Gasteiger charge is 2.13. The third-order valence-corrected chi connectivity index (χ3v) is 3.05. The average molecular weight is 250 g/mol. The molecule has 0 saturated carbocycles. The second-order valence-electron chi connectivity index (χ2n) is 4.44. The maximum absolute atomic E-state index is 10.8. The summed E-state index contributed by atoms with van der Waals surface area (Å²) in [5, 5.41) is 12.0. The lowest BCUT2D eigenvalue weighted by Crippen LogP contribution is -2.22. The van der Waals surface area contributed by atoms with Crippen molar-refractivity contribution in [1.82, 2.24) is 4.98 Å². The van der Waals surface area contributed by atoms with Crippen LogP contribution in [0.1, 0.15) is 36.0 Å². The van der Waals surface area contributed by atoms with Gasteiger partial charge in [0.2, 0.25) is 0 Å². The van der Waals surface area contributed by atoms with Gasteiger partial charge in [-0.15, -0.1) is 0 Å². The molecule has 2 heterocycles. The van der Waals surface area contributed by atoms with Gasteiger partial charge in [-0.1, -0.05) is 0 Å². The van der Waals surface area contributed by atoms with Gasteiger partial charge in [-0.25, -0.2) is 9.78 Å². The van der Waals surface area contributed by atoms with Crippen molar-refractivity contribution in [3.63, 3.8) is 0 Å². The molecule has 0 amide bonds. The minimum Gasteiger partial charge on any atom is -0.478 e. The zero-order chi connectivity index (χ0) is 12.8. The van der Waals surface area contributed by atoms with E-state index in [4.69, 9.17) is 9.84 Å². The SMILES string of the molecule is O=C(O)c1ccnc(NCCC2CCCCO2)c1. The Morgan fingerprint density at radius 3 is 3.17 bits per heavy atom. The fraction of sp³-hybridized carbons (Fsp3) is 0.538. The number of carbonyl (C=O) groups is 1. The molecule has 5 nitrogen and oxygen atoms in total. The summed E-state index contributed by atoms with van der Waals surface area (Å²) in [4.78, 5) is 14.9. The maximum Gasteiger partial charge on any atom is 0.335 e. The molecule has 1 aliphatic rings. The van der Waals surface area contributed by atoms with Gasteiger partial charge >= 0.3 is 5.97 Å².